The summed E-state index contributed by atoms with van der Waals surface area (Å²) in [6, 6.07) is 0.257. The molecule has 0 saturated heterocycles. The zero-order valence-electron chi connectivity index (χ0n) is 15.7. The van der Waals surface area contributed by atoms with E-state index in [1.807, 2.05) is 12.4 Å². The predicted octanol–water partition coefficient (Wildman–Crippen LogP) is 2.21. The van der Waals surface area contributed by atoms with Gasteiger partial charge in [0.15, 0.2) is 11.7 Å². The molecule has 0 fully saturated rings. The molecule has 5 rings (SSSR count). The van der Waals surface area contributed by atoms with Gasteiger partial charge in [0.1, 0.15) is 0 Å². The molecule has 7 nitrogen and oxygen atoms in total. The van der Waals surface area contributed by atoms with Gasteiger partial charge in [0, 0.05) is 37.4 Å². The van der Waals surface area contributed by atoms with E-state index in [-0.39, 0.29) is 12.1 Å². The topological polar surface area (TPSA) is 80.1 Å². The smallest absolute Gasteiger partial charge is 0.175 e. The van der Waals surface area contributed by atoms with Gasteiger partial charge in [-0.05, 0) is 56.1 Å². The van der Waals surface area contributed by atoms with Crippen LogP contribution in [-0.2, 0) is 24.1 Å². The minimum Gasteiger partial charge on any atom is -0.377 e. The molecule has 2 aliphatic carbocycles. The van der Waals surface area contributed by atoms with Gasteiger partial charge in [-0.25, -0.2) is 4.98 Å². The number of hydrogen-bond donors (Lipinski definition) is 2. The lowest BCUT2D eigenvalue weighted by Crippen LogP contribution is -2.39. The molecule has 0 amide bonds. The van der Waals surface area contributed by atoms with E-state index in [0.717, 1.165) is 56.7 Å². The summed E-state index contributed by atoms with van der Waals surface area (Å²) in [5.74, 6) is 2.36. The summed E-state index contributed by atoms with van der Waals surface area (Å²) >= 11 is 0. The van der Waals surface area contributed by atoms with E-state index in [9.17, 15) is 0 Å². The molecule has 2 aromatic rings. The predicted molar refractivity (Wildman–Crippen MR) is 103 cm³/mol. The molecule has 0 saturated carbocycles. The second-order valence-corrected chi connectivity index (χ2v) is 7.81. The normalized spacial score (nSPS) is 27.4. The van der Waals surface area contributed by atoms with Crippen LogP contribution in [0.3, 0.4) is 0 Å². The van der Waals surface area contributed by atoms with E-state index in [1.54, 1.807) is 7.11 Å². The molecule has 27 heavy (non-hydrogen) atoms. The maximum absolute atomic E-state index is 5.52. The van der Waals surface area contributed by atoms with Crippen LogP contribution < -0.4 is 5.32 Å². The van der Waals surface area contributed by atoms with Crippen LogP contribution in [0, 0.1) is 5.92 Å². The van der Waals surface area contributed by atoms with Gasteiger partial charge in [0.2, 0.25) is 0 Å². The van der Waals surface area contributed by atoms with Gasteiger partial charge in [-0.1, -0.05) is 0 Å². The number of rotatable bonds is 3. The minimum absolute atomic E-state index is 0.193. The molecule has 3 heterocycles. The molecule has 2 N–H and O–H groups in total. The number of aliphatic imine (C=N–C) groups is 1. The molecule has 2 aromatic heterocycles. The Morgan fingerprint density at radius 1 is 1.30 bits per heavy atom. The fraction of sp³-hybridized carbons (Fsp3) is 0.550. The zero-order valence-corrected chi connectivity index (χ0v) is 15.7. The molecule has 0 spiro atoms. The fourth-order valence-electron chi connectivity index (χ4n) is 4.57. The molecule has 0 bridgehead atoms. The third-order valence-electron chi connectivity index (χ3n) is 6.11. The summed E-state index contributed by atoms with van der Waals surface area (Å²) in [5, 5.41) is 11.0. The molecule has 3 unspecified atom stereocenters. The van der Waals surface area contributed by atoms with Crippen LogP contribution in [0.25, 0.3) is 0 Å². The Morgan fingerprint density at radius 3 is 3.19 bits per heavy atom. The van der Waals surface area contributed by atoms with Gasteiger partial charge < -0.3 is 14.6 Å². The molecular weight excluding hydrogens is 340 g/mol. The lowest BCUT2D eigenvalue weighted by molar-refractivity contribution is 0.126. The summed E-state index contributed by atoms with van der Waals surface area (Å²) in [4.78, 5) is 9.67. The van der Waals surface area contributed by atoms with Crippen molar-refractivity contribution in [3.63, 3.8) is 0 Å². The van der Waals surface area contributed by atoms with Crippen molar-refractivity contribution in [3.8, 4) is 0 Å². The highest BCUT2D eigenvalue weighted by Crippen LogP contribution is 2.30. The Labute approximate surface area is 158 Å². The molecular formula is C20H26N6O. The third-order valence-corrected chi connectivity index (χ3v) is 6.11. The van der Waals surface area contributed by atoms with Crippen molar-refractivity contribution >= 4 is 5.84 Å². The lowest BCUT2D eigenvalue weighted by Gasteiger charge is -2.32. The van der Waals surface area contributed by atoms with E-state index in [1.165, 1.54) is 17.0 Å². The number of methoxy groups -OCH3 is 1. The summed E-state index contributed by atoms with van der Waals surface area (Å²) in [6.45, 7) is 0.897. The van der Waals surface area contributed by atoms with Crippen LogP contribution in [0.15, 0.2) is 35.4 Å². The van der Waals surface area contributed by atoms with Gasteiger partial charge in [-0.2, -0.15) is 5.10 Å². The quantitative estimate of drug-likeness (QED) is 0.873. The van der Waals surface area contributed by atoms with Gasteiger partial charge in [-0.15, -0.1) is 0 Å². The number of nitrogens with one attached hydrogen (secondary N) is 2. The molecule has 3 atom stereocenters. The maximum atomic E-state index is 5.52. The Balaban J connectivity index is 1.40. The number of allylic oxidation sites excluding steroid dienone is 1. The highest BCUT2D eigenvalue weighted by atomic mass is 16.5. The number of ether oxygens (including phenoxy) is 1. The number of H-pyrrole nitrogens is 1. The maximum Gasteiger partial charge on any atom is 0.175 e. The van der Waals surface area contributed by atoms with Crippen molar-refractivity contribution < 1.29 is 4.74 Å². The van der Waals surface area contributed by atoms with Gasteiger partial charge in [0.25, 0.3) is 0 Å². The van der Waals surface area contributed by atoms with Crippen LogP contribution in [0.5, 0.6) is 0 Å². The summed E-state index contributed by atoms with van der Waals surface area (Å²) < 4.78 is 7.76. The first-order chi connectivity index (χ1) is 13.3. The van der Waals surface area contributed by atoms with Crippen molar-refractivity contribution in [1.29, 1.82) is 0 Å². The van der Waals surface area contributed by atoms with Gasteiger partial charge in [0.05, 0.1) is 18.3 Å². The van der Waals surface area contributed by atoms with Crippen LogP contribution in [0.2, 0.25) is 0 Å². The van der Waals surface area contributed by atoms with Crippen LogP contribution in [0.1, 0.15) is 42.8 Å². The van der Waals surface area contributed by atoms with Crippen LogP contribution >= 0.6 is 0 Å². The van der Waals surface area contributed by atoms with Crippen molar-refractivity contribution in [2.24, 2.45) is 10.9 Å². The number of amidine groups is 1. The zero-order chi connectivity index (χ0) is 18.2. The Morgan fingerprint density at radius 2 is 2.26 bits per heavy atom. The number of aryl methyl sites for hydroxylation is 1. The highest BCUT2D eigenvalue weighted by molar-refractivity contribution is 5.97. The van der Waals surface area contributed by atoms with E-state index in [2.05, 4.69) is 37.3 Å². The molecule has 142 valence electrons. The number of hydrogen-bond acceptors (Lipinski definition) is 5. The van der Waals surface area contributed by atoms with Gasteiger partial charge >= 0.3 is 0 Å². The molecule has 3 aliphatic rings. The van der Waals surface area contributed by atoms with Crippen molar-refractivity contribution in [2.75, 3.05) is 7.11 Å². The standard InChI is InChI=1S/C20H26N6O/c1-27-16-4-2-3-15(10-16)23-19-20-21-7-8-26(20)12-18(24-19)13-5-6-14-11-22-25-17(14)9-13/h7-8,10-11,13,16,18H,2-6,9,12H2,1H3,(H,22,25)(H,23,24). The first-order valence-electron chi connectivity index (χ1n) is 9.91. The second-order valence-electron chi connectivity index (χ2n) is 7.81. The number of aromatic nitrogens is 4. The Hall–Kier alpha value is -2.41. The highest BCUT2D eigenvalue weighted by Gasteiger charge is 2.32. The van der Waals surface area contributed by atoms with Crippen LogP contribution in [0.4, 0.5) is 0 Å². The van der Waals surface area contributed by atoms with Crippen LogP contribution in [-0.4, -0.2) is 44.8 Å². The Bertz CT molecular complexity index is 879. The van der Waals surface area contributed by atoms with Gasteiger partial charge in [-0.3, -0.25) is 10.1 Å². The first kappa shape index (κ1) is 16.7. The Kier molecular flexibility index (Phi) is 4.32. The monoisotopic (exact) mass is 366 g/mol. The second kappa shape index (κ2) is 6.96. The first-order valence-corrected chi connectivity index (χ1v) is 9.91. The van der Waals surface area contributed by atoms with Crippen molar-refractivity contribution in [2.45, 2.75) is 57.2 Å². The summed E-state index contributed by atoms with van der Waals surface area (Å²) in [7, 11) is 1.78. The lowest BCUT2D eigenvalue weighted by atomic mass is 9.83. The molecule has 0 radical (unpaired) electrons. The third kappa shape index (κ3) is 3.20. The minimum atomic E-state index is 0.193. The summed E-state index contributed by atoms with van der Waals surface area (Å²) in [5.41, 5.74) is 3.84. The number of nitrogens with zero attached hydrogens (tertiary/aromatic N) is 4. The van der Waals surface area contributed by atoms with E-state index in [0.29, 0.717) is 5.92 Å². The molecule has 1 aliphatic heterocycles. The number of aromatic amines is 1. The van der Waals surface area contributed by atoms with E-state index >= 15 is 0 Å². The number of imidazole rings is 1. The average Bonchev–Trinajstić information content (AvgIpc) is 3.36. The fourth-order valence-corrected chi connectivity index (χ4v) is 4.57. The molecule has 7 heteroatoms. The van der Waals surface area contributed by atoms with Crippen molar-refractivity contribution in [1.82, 2.24) is 25.1 Å². The van der Waals surface area contributed by atoms with E-state index < -0.39 is 0 Å². The average molecular weight is 366 g/mol. The van der Waals surface area contributed by atoms with E-state index in [4.69, 9.17) is 9.73 Å². The largest absolute Gasteiger partial charge is 0.377 e. The van der Waals surface area contributed by atoms with Crippen molar-refractivity contribution in [3.05, 3.63) is 47.4 Å². The number of fused-ring (bicyclic) bond motifs is 2. The summed E-state index contributed by atoms with van der Waals surface area (Å²) in [6.07, 6.45) is 14.8. The SMILES string of the molecule is COC1C=C(NC2=NC(C3CCc4cn[nH]c4C3)Cn3ccnc32)CCC1. The molecule has 0 aromatic carbocycles.